The smallest absolute Gasteiger partial charge is 0.191 e. The Bertz CT molecular complexity index is 471. The van der Waals surface area contributed by atoms with Crippen LogP contribution in [0.15, 0.2) is 12.1 Å². The Morgan fingerprint density at radius 3 is 2.68 bits per heavy atom. The molecule has 1 aromatic rings. The third kappa shape index (κ3) is 3.36. The molecule has 0 radical (unpaired) electrons. The van der Waals surface area contributed by atoms with Crippen LogP contribution in [0.5, 0.6) is 0 Å². The zero-order valence-corrected chi connectivity index (χ0v) is 10.8. The molecule has 1 heterocycles. The minimum Gasteiger partial charge on any atom is -0.370 e. The van der Waals surface area contributed by atoms with Crippen molar-refractivity contribution in [3.63, 3.8) is 0 Å². The molecule has 1 aliphatic rings. The van der Waals surface area contributed by atoms with Crippen LogP contribution in [0.3, 0.4) is 0 Å². The summed E-state index contributed by atoms with van der Waals surface area (Å²) in [6.07, 6.45) is 1.68. The number of benzene rings is 1. The lowest BCUT2D eigenvalue weighted by molar-refractivity contribution is 0.0315. The number of aryl methyl sites for hydroxylation is 1. The van der Waals surface area contributed by atoms with E-state index in [0.29, 0.717) is 0 Å². The van der Waals surface area contributed by atoms with Crippen molar-refractivity contribution < 1.29 is 18.3 Å². The van der Waals surface area contributed by atoms with Crippen LogP contribution in [0.2, 0.25) is 0 Å². The van der Waals surface area contributed by atoms with Crippen LogP contribution in [0, 0.1) is 18.6 Å². The molecule has 5 heteroatoms. The Hall–Kier alpha value is -1.33. The fourth-order valence-electron chi connectivity index (χ4n) is 2.09. The van der Waals surface area contributed by atoms with Gasteiger partial charge in [-0.1, -0.05) is 6.07 Å². The van der Waals surface area contributed by atoms with Gasteiger partial charge in [0.1, 0.15) is 6.61 Å². The van der Waals surface area contributed by atoms with Gasteiger partial charge < -0.3 is 10.1 Å². The van der Waals surface area contributed by atoms with Crippen LogP contribution in [-0.2, 0) is 4.74 Å². The van der Waals surface area contributed by atoms with Gasteiger partial charge in [-0.15, -0.1) is 0 Å². The summed E-state index contributed by atoms with van der Waals surface area (Å²) in [5.41, 5.74) is -0.0506. The van der Waals surface area contributed by atoms with E-state index in [4.69, 9.17) is 4.74 Å². The molecule has 0 amide bonds. The molecule has 0 atom stereocenters. The molecular weight excluding hydrogens is 252 g/mol. The first kappa shape index (κ1) is 14.1. The van der Waals surface area contributed by atoms with E-state index in [9.17, 15) is 13.6 Å². The molecule has 0 unspecified atom stereocenters. The van der Waals surface area contributed by atoms with Gasteiger partial charge >= 0.3 is 0 Å². The second-order valence-electron chi connectivity index (χ2n) is 4.74. The average molecular weight is 269 g/mol. The first-order chi connectivity index (χ1) is 9.09. The predicted molar refractivity (Wildman–Crippen MR) is 67.3 cm³/mol. The maximum Gasteiger partial charge on any atom is 0.191 e. The van der Waals surface area contributed by atoms with Gasteiger partial charge in [-0.2, -0.15) is 0 Å². The summed E-state index contributed by atoms with van der Waals surface area (Å²) in [5.74, 6) is -2.57. The summed E-state index contributed by atoms with van der Waals surface area (Å²) >= 11 is 0. The monoisotopic (exact) mass is 269 g/mol. The van der Waals surface area contributed by atoms with E-state index in [0.717, 1.165) is 25.9 Å². The molecule has 1 saturated heterocycles. The number of Topliss-reactive ketones (excluding diaryl/α,β-unsaturated/α-hetero) is 1. The van der Waals surface area contributed by atoms with Crippen molar-refractivity contribution in [2.45, 2.75) is 25.9 Å². The van der Waals surface area contributed by atoms with Crippen molar-refractivity contribution in [3.05, 3.63) is 34.9 Å². The lowest BCUT2D eigenvalue weighted by Gasteiger charge is -2.22. The molecule has 104 valence electrons. The van der Waals surface area contributed by atoms with E-state index < -0.39 is 17.4 Å². The lowest BCUT2D eigenvalue weighted by Crippen LogP contribution is -2.33. The molecule has 0 aliphatic carbocycles. The van der Waals surface area contributed by atoms with Crippen molar-refractivity contribution in [2.75, 3.05) is 19.7 Å². The van der Waals surface area contributed by atoms with Crippen LogP contribution >= 0.6 is 0 Å². The normalized spacial score (nSPS) is 16.6. The number of ether oxygens (including phenoxy) is 1. The summed E-state index contributed by atoms with van der Waals surface area (Å²) in [6, 6.07) is 2.71. The Morgan fingerprint density at radius 1 is 1.32 bits per heavy atom. The number of hydrogen-bond donors (Lipinski definition) is 1. The number of hydrogen-bond acceptors (Lipinski definition) is 3. The van der Waals surface area contributed by atoms with Crippen molar-refractivity contribution >= 4 is 5.78 Å². The first-order valence-corrected chi connectivity index (χ1v) is 6.39. The van der Waals surface area contributed by atoms with E-state index in [2.05, 4.69) is 5.32 Å². The molecule has 0 aromatic heterocycles. The molecule has 0 bridgehead atoms. The predicted octanol–water partition coefficient (Wildman–Crippen LogP) is 2.22. The number of rotatable bonds is 4. The molecule has 1 aliphatic heterocycles. The van der Waals surface area contributed by atoms with E-state index in [1.807, 2.05) is 0 Å². The molecule has 19 heavy (non-hydrogen) atoms. The second-order valence-corrected chi connectivity index (χ2v) is 4.74. The van der Waals surface area contributed by atoms with Gasteiger partial charge in [0, 0.05) is 0 Å². The SMILES string of the molecule is Cc1ccc(C(=O)COC2CCNCC2)c(F)c1F. The van der Waals surface area contributed by atoms with Gasteiger partial charge in [-0.25, -0.2) is 8.78 Å². The molecular formula is C14H17F2NO2. The van der Waals surface area contributed by atoms with Crippen LogP contribution in [0.4, 0.5) is 8.78 Å². The average Bonchev–Trinajstić information content (AvgIpc) is 2.43. The standard InChI is InChI=1S/C14H17F2NO2/c1-9-2-3-11(14(16)13(9)15)12(18)8-19-10-4-6-17-7-5-10/h2-3,10,17H,4-8H2,1H3. The van der Waals surface area contributed by atoms with Crippen molar-refractivity contribution in [3.8, 4) is 0 Å². The number of carbonyl (C=O) groups excluding carboxylic acids is 1. The zero-order valence-electron chi connectivity index (χ0n) is 10.8. The maximum absolute atomic E-state index is 13.6. The van der Waals surface area contributed by atoms with Crippen LogP contribution in [-0.4, -0.2) is 31.6 Å². The van der Waals surface area contributed by atoms with Crippen molar-refractivity contribution in [1.29, 1.82) is 0 Å². The summed E-state index contributed by atoms with van der Waals surface area (Å²) in [6.45, 7) is 2.96. The largest absolute Gasteiger partial charge is 0.370 e. The lowest BCUT2D eigenvalue weighted by atomic mass is 10.1. The summed E-state index contributed by atoms with van der Waals surface area (Å²) in [7, 11) is 0. The Labute approximate surface area is 111 Å². The van der Waals surface area contributed by atoms with Gasteiger partial charge in [0.25, 0.3) is 0 Å². The fraction of sp³-hybridized carbons (Fsp3) is 0.500. The number of carbonyl (C=O) groups is 1. The number of halogens is 2. The Morgan fingerprint density at radius 2 is 2.00 bits per heavy atom. The minimum absolute atomic E-state index is 0.0172. The number of ketones is 1. The van der Waals surface area contributed by atoms with Crippen LogP contribution in [0.1, 0.15) is 28.8 Å². The first-order valence-electron chi connectivity index (χ1n) is 6.39. The van der Waals surface area contributed by atoms with Gasteiger partial charge in [-0.05, 0) is 44.5 Å². The van der Waals surface area contributed by atoms with Crippen LogP contribution in [0.25, 0.3) is 0 Å². The molecule has 0 spiro atoms. The second kappa shape index (κ2) is 6.21. The van der Waals surface area contributed by atoms with Gasteiger partial charge in [0.05, 0.1) is 11.7 Å². The maximum atomic E-state index is 13.6. The fourth-order valence-corrected chi connectivity index (χ4v) is 2.09. The molecule has 0 saturated carbocycles. The summed E-state index contributed by atoms with van der Waals surface area (Å²) in [5, 5.41) is 3.18. The third-order valence-corrected chi connectivity index (χ3v) is 3.31. The molecule has 1 fully saturated rings. The minimum atomic E-state index is -1.08. The quantitative estimate of drug-likeness (QED) is 0.852. The Balaban J connectivity index is 1.98. The summed E-state index contributed by atoms with van der Waals surface area (Å²) in [4.78, 5) is 11.8. The van der Waals surface area contributed by atoms with E-state index in [1.54, 1.807) is 0 Å². The third-order valence-electron chi connectivity index (χ3n) is 3.31. The van der Waals surface area contributed by atoms with Gasteiger partial charge in [-0.3, -0.25) is 4.79 Å². The van der Waals surface area contributed by atoms with Crippen molar-refractivity contribution in [2.24, 2.45) is 0 Å². The summed E-state index contributed by atoms with van der Waals surface area (Å²) < 4.78 is 32.4. The molecule has 1 aromatic carbocycles. The van der Waals surface area contributed by atoms with Gasteiger partial charge in [0.15, 0.2) is 17.4 Å². The highest BCUT2D eigenvalue weighted by Gasteiger charge is 2.19. The van der Waals surface area contributed by atoms with E-state index >= 15 is 0 Å². The number of piperidine rings is 1. The topological polar surface area (TPSA) is 38.3 Å². The highest BCUT2D eigenvalue weighted by atomic mass is 19.2. The highest BCUT2D eigenvalue weighted by Crippen LogP contribution is 2.17. The molecule has 2 rings (SSSR count). The van der Waals surface area contributed by atoms with Gasteiger partial charge in [0.2, 0.25) is 0 Å². The van der Waals surface area contributed by atoms with Crippen LogP contribution < -0.4 is 5.32 Å². The number of nitrogens with one attached hydrogen (secondary N) is 1. The molecule has 1 N–H and O–H groups in total. The van der Waals surface area contributed by atoms with Crippen molar-refractivity contribution in [1.82, 2.24) is 5.32 Å². The highest BCUT2D eigenvalue weighted by molar-refractivity contribution is 5.97. The Kier molecular flexibility index (Phi) is 4.61. The van der Waals surface area contributed by atoms with E-state index in [1.165, 1.54) is 19.1 Å². The zero-order chi connectivity index (χ0) is 13.8. The van der Waals surface area contributed by atoms with E-state index in [-0.39, 0.29) is 23.8 Å². The molecule has 3 nitrogen and oxygen atoms in total.